The number of hydrogen-bond acceptors (Lipinski definition) is 2. The van der Waals surface area contributed by atoms with E-state index in [0.717, 1.165) is 11.3 Å². The van der Waals surface area contributed by atoms with Crippen molar-refractivity contribution in [3.05, 3.63) is 65.5 Å². The van der Waals surface area contributed by atoms with Crippen LogP contribution >= 0.6 is 0 Å². The van der Waals surface area contributed by atoms with Crippen LogP contribution in [0.15, 0.2) is 48.5 Å². The Morgan fingerprint density at radius 2 is 1.95 bits per heavy atom. The third-order valence-electron chi connectivity index (χ3n) is 3.20. The summed E-state index contributed by atoms with van der Waals surface area (Å²) in [4.78, 5) is 0. The number of benzene rings is 2. The predicted octanol–water partition coefficient (Wildman–Crippen LogP) is 3.34. The number of ether oxygens (including phenoxy) is 1. The first-order chi connectivity index (χ1) is 9.24. The lowest BCUT2D eigenvalue weighted by Gasteiger charge is -2.17. The summed E-state index contributed by atoms with van der Waals surface area (Å²) in [6.45, 7) is 0. The van der Waals surface area contributed by atoms with E-state index in [1.54, 1.807) is 13.2 Å². The first-order valence-corrected chi connectivity index (χ1v) is 6.29. The highest BCUT2D eigenvalue weighted by Crippen LogP contribution is 2.22. The van der Waals surface area contributed by atoms with Gasteiger partial charge in [0.1, 0.15) is 11.6 Å². The summed E-state index contributed by atoms with van der Waals surface area (Å²) in [7, 11) is 3.49. The molecule has 100 valence electrons. The number of rotatable bonds is 5. The summed E-state index contributed by atoms with van der Waals surface area (Å²) >= 11 is 0. The van der Waals surface area contributed by atoms with Crippen LogP contribution < -0.4 is 10.1 Å². The molecular weight excluding hydrogens is 241 g/mol. The van der Waals surface area contributed by atoms with E-state index < -0.39 is 0 Å². The molecule has 3 heteroatoms. The number of nitrogens with one attached hydrogen (secondary N) is 1. The molecule has 0 aromatic heterocycles. The molecule has 0 radical (unpaired) electrons. The molecule has 2 aromatic carbocycles. The van der Waals surface area contributed by atoms with Crippen molar-refractivity contribution in [1.82, 2.24) is 5.32 Å². The topological polar surface area (TPSA) is 21.3 Å². The van der Waals surface area contributed by atoms with Gasteiger partial charge in [-0.15, -0.1) is 0 Å². The first-order valence-electron chi connectivity index (χ1n) is 6.29. The molecule has 1 atom stereocenters. The van der Waals surface area contributed by atoms with E-state index >= 15 is 0 Å². The normalized spacial score (nSPS) is 12.2. The highest BCUT2D eigenvalue weighted by molar-refractivity contribution is 5.31. The average molecular weight is 259 g/mol. The molecule has 1 N–H and O–H groups in total. The monoisotopic (exact) mass is 259 g/mol. The van der Waals surface area contributed by atoms with Gasteiger partial charge >= 0.3 is 0 Å². The van der Waals surface area contributed by atoms with Gasteiger partial charge in [-0.3, -0.25) is 0 Å². The Morgan fingerprint density at radius 1 is 1.16 bits per heavy atom. The van der Waals surface area contributed by atoms with Crippen molar-refractivity contribution in [2.75, 3.05) is 14.2 Å². The maximum atomic E-state index is 13.8. The lowest BCUT2D eigenvalue weighted by atomic mass is 9.98. The number of halogens is 1. The molecule has 0 spiro atoms. The Hall–Kier alpha value is -1.87. The van der Waals surface area contributed by atoms with Gasteiger partial charge in [0.25, 0.3) is 0 Å². The fourth-order valence-corrected chi connectivity index (χ4v) is 2.16. The minimum Gasteiger partial charge on any atom is -0.497 e. The maximum Gasteiger partial charge on any atom is 0.127 e. The van der Waals surface area contributed by atoms with Crippen LogP contribution in [0.4, 0.5) is 4.39 Å². The summed E-state index contributed by atoms with van der Waals surface area (Å²) in [5, 5.41) is 3.16. The molecule has 2 nitrogen and oxygen atoms in total. The molecule has 0 aliphatic heterocycles. The Labute approximate surface area is 113 Å². The van der Waals surface area contributed by atoms with Crippen LogP contribution in [0, 0.1) is 5.82 Å². The molecule has 19 heavy (non-hydrogen) atoms. The van der Waals surface area contributed by atoms with Crippen molar-refractivity contribution in [2.24, 2.45) is 0 Å². The number of likely N-dealkylation sites (N-methyl/N-ethyl adjacent to an activating group) is 1. The molecule has 0 saturated carbocycles. The molecule has 0 heterocycles. The minimum atomic E-state index is -0.176. The number of hydrogen-bond donors (Lipinski definition) is 1. The van der Waals surface area contributed by atoms with Crippen LogP contribution in [0.1, 0.15) is 17.2 Å². The lowest BCUT2D eigenvalue weighted by Crippen LogP contribution is -2.20. The molecule has 0 aliphatic rings. The molecule has 0 amide bonds. The second kappa shape index (κ2) is 6.34. The summed E-state index contributed by atoms with van der Waals surface area (Å²) < 4.78 is 19.0. The van der Waals surface area contributed by atoms with Crippen molar-refractivity contribution in [3.63, 3.8) is 0 Å². The van der Waals surface area contributed by atoms with E-state index in [2.05, 4.69) is 5.32 Å². The van der Waals surface area contributed by atoms with Crippen molar-refractivity contribution in [2.45, 2.75) is 12.5 Å². The third-order valence-corrected chi connectivity index (χ3v) is 3.20. The second-order valence-corrected chi connectivity index (χ2v) is 4.42. The van der Waals surface area contributed by atoms with E-state index in [4.69, 9.17) is 4.74 Å². The minimum absolute atomic E-state index is 0.0479. The maximum absolute atomic E-state index is 13.8. The van der Waals surface area contributed by atoms with Gasteiger partial charge in [-0.1, -0.05) is 30.3 Å². The number of methoxy groups -OCH3 is 1. The molecule has 0 saturated heterocycles. The van der Waals surface area contributed by atoms with E-state index in [-0.39, 0.29) is 11.9 Å². The zero-order chi connectivity index (χ0) is 13.7. The zero-order valence-electron chi connectivity index (χ0n) is 11.2. The van der Waals surface area contributed by atoms with Gasteiger partial charge in [0, 0.05) is 11.6 Å². The smallest absolute Gasteiger partial charge is 0.127 e. The van der Waals surface area contributed by atoms with Crippen LogP contribution in [0.3, 0.4) is 0 Å². The van der Waals surface area contributed by atoms with Crippen LogP contribution in [-0.2, 0) is 6.42 Å². The van der Waals surface area contributed by atoms with Gasteiger partial charge in [-0.25, -0.2) is 4.39 Å². The zero-order valence-corrected chi connectivity index (χ0v) is 11.2. The quantitative estimate of drug-likeness (QED) is 0.889. The Bertz CT molecular complexity index is 542. The second-order valence-electron chi connectivity index (χ2n) is 4.42. The summed E-state index contributed by atoms with van der Waals surface area (Å²) in [5.74, 6) is 0.644. The van der Waals surface area contributed by atoms with Crippen molar-refractivity contribution < 1.29 is 9.13 Å². The molecule has 0 aliphatic carbocycles. The van der Waals surface area contributed by atoms with Crippen molar-refractivity contribution in [1.29, 1.82) is 0 Å². The van der Waals surface area contributed by atoms with Crippen LogP contribution in [0.5, 0.6) is 5.75 Å². The Kier molecular flexibility index (Phi) is 4.53. The van der Waals surface area contributed by atoms with Gasteiger partial charge < -0.3 is 10.1 Å². The molecule has 2 rings (SSSR count). The third kappa shape index (κ3) is 3.32. The molecule has 0 fully saturated rings. The predicted molar refractivity (Wildman–Crippen MR) is 74.9 cm³/mol. The van der Waals surface area contributed by atoms with Crippen LogP contribution in [0.2, 0.25) is 0 Å². The van der Waals surface area contributed by atoms with Crippen LogP contribution in [-0.4, -0.2) is 14.2 Å². The van der Waals surface area contributed by atoms with Gasteiger partial charge in [0.05, 0.1) is 7.11 Å². The van der Waals surface area contributed by atoms with Gasteiger partial charge in [0.2, 0.25) is 0 Å². The molecule has 0 bridgehead atoms. The Balaban J connectivity index is 2.21. The van der Waals surface area contributed by atoms with Gasteiger partial charge in [-0.2, -0.15) is 0 Å². The molecular formula is C16H18FNO. The highest BCUT2D eigenvalue weighted by atomic mass is 19.1. The van der Waals surface area contributed by atoms with Crippen molar-refractivity contribution in [3.8, 4) is 5.75 Å². The fourth-order valence-electron chi connectivity index (χ4n) is 2.16. The average Bonchev–Trinajstić information content (AvgIpc) is 2.46. The van der Waals surface area contributed by atoms with Gasteiger partial charge in [-0.05, 0) is 37.2 Å². The van der Waals surface area contributed by atoms with E-state index in [9.17, 15) is 4.39 Å². The summed E-state index contributed by atoms with van der Waals surface area (Å²) in [5.41, 5.74) is 1.80. The summed E-state index contributed by atoms with van der Waals surface area (Å²) in [6, 6.07) is 14.7. The molecule has 2 aromatic rings. The SMILES string of the molecule is CNC(Cc1cccc(OC)c1)c1ccccc1F. The Morgan fingerprint density at radius 3 is 2.63 bits per heavy atom. The summed E-state index contributed by atoms with van der Waals surface area (Å²) in [6.07, 6.45) is 0.717. The van der Waals surface area contributed by atoms with Crippen molar-refractivity contribution >= 4 is 0 Å². The van der Waals surface area contributed by atoms with E-state index in [0.29, 0.717) is 12.0 Å². The fraction of sp³-hybridized carbons (Fsp3) is 0.250. The standard InChI is InChI=1S/C16H18FNO/c1-18-16(14-8-3-4-9-15(14)17)11-12-6-5-7-13(10-12)19-2/h3-10,16,18H,11H2,1-2H3. The first kappa shape index (κ1) is 13.6. The molecule has 1 unspecified atom stereocenters. The van der Waals surface area contributed by atoms with E-state index in [1.807, 2.05) is 43.4 Å². The van der Waals surface area contributed by atoms with E-state index in [1.165, 1.54) is 6.07 Å². The lowest BCUT2D eigenvalue weighted by molar-refractivity contribution is 0.414. The van der Waals surface area contributed by atoms with Crippen LogP contribution in [0.25, 0.3) is 0 Å². The highest BCUT2D eigenvalue weighted by Gasteiger charge is 2.14. The van der Waals surface area contributed by atoms with Gasteiger partial charge in [0.15, 0.2) is 0 Å². The largest absolute Gasteiger partial charge is 0.497 e.